The second kappa shape index (κ2) is 9.86. The first-order valence-electron chi connectivity index (χ1n) is 10.8. The largest absolute Gasteiger partial charge is 0.351 e. The summed E-state index contributed by atoms with van der Waals surface area (Å²) in [4.78, 5) is 44.2. The van der Waals surface area contributed by atoms with Gasteiger partial charge in [0.25, 0.3) is 5.91 Å². The number of aryl methyl sites for hydroxylation is 3. The van der Waals surface area contributed by atoms with E-state index in [4.69, 9.17) is 0 Å². The van der Waals surface area contributed by atoms with Gasteiger partial charge in [0.15, 0.2) is 5.13 Å². The molecule has 0 atom stereocenters. The topological polar surface area (TPSA) is 104 Å². The number of hydrazone groups is 1. The first kappa shape index (κ1) is 23.8. The lowest BCUT2D eigenvalue weighted by molar-refractivity contribution is -0.119. The van der Waals surface area contributed by atoms with E-state index < -0.39 is 0 Å². The summed E-state index contributed by atoms with van der Waals surface area (Å²) in [6.07, 6.45) is 0.495. The number of hydrogen-bond acceptors (Lipinski definition) is 7. The van der Waals surface area contributed by atoms with Gasteiger partial charge >= 0.3 is 0 Å². The molecule has 2 N–H and O–H groups in total. The Bertz CT molecular complexity index is 1310. The summed E-state index contributed by atoms with van der Waals surface area (Å²) in [7, 11) is 0. The van der Waals surface area contributed by atoms with E-state index in [0.717, 1.165) is 31.5 Å². The number of rotatable bonds is 6. The van der Waals surface area contributed by atoms with Crippen LogP contribution in [-0.2, 0) is 20.9 Å². The number of carbonyl (C=O) groups is 3. The lowest BCUT2D eigenvalue weighted by atomic mass is 10.1. The van der Waals surface area contributed by atoms with Crippen molar-refractivity contribution in [2.24, 2.45) is 5.10 Å². The van der Waals surface area contributed by atoms with Crippen LogP contribution in [0.3, 0.4) is 0 Å². The minimum absolute atomic E-state index is 0.0757. The maximum atomic E-state index is 13.0. The molecule has 2 aromatic heterocycles. The van der Waals surface area contributed by atoms with E-state index in [-0.39, 0.29) is 30.6 Å². The Morgan fingerprint density at radius 1 is 1.09 bits per heavy atom. The molecule has 1 aliphatic heterocycles. The minimum atomic E-state index is -0.361. The smallest absolute Gasteiger partial charge is 0.273 e. The number of aromatic nitrogens is 1. The maximum Gasteiger partial charge on any atom is 0.273 e. The fourth-order valence-corrected chi connectivity index (χ4v) is 5.39. The van der Waals surface area contributed by atoms with Crippen molar-refractivity contribution in [3.63, 3.8) is 0 Å². The number of nitrogens with one attached hydrogen (secondary N) is 2. The van der Waals surface area contributed by atoms with Crippen LogP contribution in [0.2, 0.25) is 0 Å². The van der Waals surface area contributed by atoms with E-state index in [2.05, 4.69) is 20.7 Å². The molecule has 0 aliphatic carbocycles. The molecule has 34 heavy (non-hydrogen) atoms. The molecule has 10 heteroatoms. The van der Waals surface area contributed by atoms with Crippen molar-refractivity contribution in [2.45, 2.75) is 47.1 Å². The fraction of sp³-hybridized carbons (Fsp3) is 0.292. The molecule has 0 spiro atoms. The fourth-order valence-electron chi connectivity index (χ4n) is 3.51. The number of carbonyl (C=O) groups excluding carboxylic acids is 3. The van der Waals surface area contributed by atoms with E-state index in [0.29, 0.717) is 23.1 Å². The highest BCUT2D eigenvalue weighted by Crippen LogP contribution is 2.35. The Hall–Kier alpha value is -3.37. The Morgan fingerprint density at radius 3 is 2.65 bits per heavy atom. The number of hydrogen-bond donors (Lipinski definition) is 2. The third-order valence-corrected chi connectivity index (χ3v) is 7.29. The summed E-state index contributed by atoms with van der Waals surface area (Å²) in [5, 5.41) is 11.8. The summed E-state index contributed by atoms with van der Waals surface area (Å²) < 4.78 is 0. The Balaban J connectivity index is 1.51. The van der Waals surface area contributed by atoms with Crippen LogP contribution in [0.4, 0.5) is 10.8 Å². The molecular formula is C24H25N5O3S2. The van der Waals surface area contributed by atoms with E-state index in [9.17, 15) is 14.4 Å². The normalized spacial score (nSPS) is 13.6. The van der Waals surface area contributed by atoms with Crippen LogP contribution in [0.15, 0.2) is 35.4 Å². The second-order valence-corrected chi connectivity index (χ2v) is 10.5. The van der Waals surface area contributed by atoms with Crippen LogP contribution in [0, 0.1) is 20.8 Å². The summed E-state index contributed by atoms with van der Waals surface area (Å²) >= 11 is 2.94. The molecule has 3 aromatic rings. The van der Waals surface area contributed by atoms with Crippen molar-refractivity contribution in [2.75, 3.05) is 10.3 Å². The molecule has 1 aliphatic rings. The number of amides is 3. The minimum Gasteiger partial charge on any atom is -0.351 e. The zero-order valence-electron chi connectivity index (χ0n) is 19.4. The van der Waals surface area contributed by atoms with Crippen LogP contribution in [0.5, 0.6) is 0 Å². The SMILES string of the molecule is CC(=O)NCc1ccc(-c2nc(NC(=O)C3=NN(c4cc(C)ccc4C)C(=O)CC3)sc2C)s1. The zero-order chi connectivity index (χ0) is 24.4. The molecule has 8 nitrogen and oxygen atoms in total. The third kappa shape index (κ3) is 5.23. The van der Waals surface area contributed by atoms with Gasteiger partial charge in [0.2, 0.25) is 11.8 Å². The molecule has 3 amide bonds. The average molecular weight is 496 g/mol. The number of anilines is 2. The molecule has 0 radical (unpaired) electrons. The monoisotopic (exact) mass is 495 g/mol. The van der Waals surface area contributed by atoms with Crippen LogP contribution in [0.25, 0.3) is 10.6 Å². The molecule has 3 heterocycles. The molecule has 1 aromatic carbocycles. The van der Waals surface area contributed by atoms with E-state index in [1.807, 2.05) is 51.1 Å². The Kier molecular flexibility index (Phi) is 6.90. The highest BCUT2D eigenvalue weighted by molar-refractivity contribution is 7.18. The van der Waals surface area contributed by atoms with E-state index in [1.165, 1.54) is 23.3 Å². The standard InChI is InChI=1S/C24H25N5O3S2/c1-13-5-6-14(2)19(11-13)29-21(31)10-8-18(28-29)23(32)27-24-26-22(15(3)33-24)20-9-7-17(34-20)12-25-16(4)30/h5-7,9,11H,8,10,12H2,1-4H3,(H,25,30)(H,26,27,32). The Labute approximate surface area is 205 Å². The van der Waals surface area contributed by atoms with E-state index in [1.54, 1.807) is 11.3 Å². The highest BCUT2D eigenvalue weighted by atomic mass is 32.1. The number of thiophene rings is 1. The van der Waals surface area contributed by atoms with Crippen molar-refractivity contribution in [1.29, 1.82) is 0 Å². The average Bonchev–Trinajstić information content (AvgIpc) is 3.40. The van der Waals surface area contributed by atoms with Gasteiger partial charge in [-0.3, -0.25) is 19.7 Å². The maximum absolute atomic E-state index is 13.0. The van der Waals surface area contributed by atoms with Crippen molar-refractivity contribution < 1.29 is 14.4 Å². The van der Waals surface area contributed by atoms with Gasteiger partial charge in [0.1, 0.15) is 5.71 Å². The summed E-state index contributed by atoms with van der Waals surface area (Å²) in [6, 6.07) is 9.74. The van der Waals surface area contributed by atoms with Gasteiger partial charge in [-0.2, -0.15) is 5.10 Å². The predicted molar refractivity (Wildman–Crippen MR) is 136 cm³/mol. The Morgan fingerprint density at radius 2 is 1.88 bits per heavy atom. The predicted octanol–water partition coefficient (Wildman–Crippen LogP) is 4.55. The molecule has 4 rings (SSSR count). The molecule has 0 bridgehead atoms. The summed E-state index contributed by atoms with van der Waals surface area (Å²) in [5.74, 6) is -0.570. The molecule has 0 fully saturated rings. The quantitative estimate of drug-likeness (QED) is 0.523. The van der Waals surface area contributed by atoms with Crippen molar-refractivity contribution in [1.82, 2.24) is 10.3 Å². The third-order valence-electron chi connectivity index (χ3n) is 5.31. The molecule has 176 valence electrons. The van der Waals surface area contributed by atoms with Gasteiger partial charge in [-0.1, -0.05) is 12.1 Å². The van der Waals surface area contributed by atoms with Gasteiger partial charge in [-0.15, -0.1) is 22.7 Å². The zero-order valence-corrected chi connectivity index (χ0v) is 21.0. The van der Waals surface area contributed by atoms with E-state index >= 15 is 0 Å². The molecule has 0 saturated carbocycles. The number of thiazole rings is 1. The molecule has 0 saturated heterocycles. The van der Waals surface area contributed by atoms with Gasteiger partial charge < -0.3 is 5.32 Å². The van der Waals surface area contributed by atoms with Gasteiger partial charge in [0, 0.05) is 29.5 Å². The number of nitrogens with zero attached hydrogens (tertiary/aromatic N) is 3. The lowest BCUT2D eigenvalue weighted by Gasteiger charge is -2.24. The molecule has 0 unspecified atom stereocenters. The van der Waals surface area contributed by atoms with Gasteiger partial charge in [0.05, 0.1) is 22.8 Å². The van der Waals surface area contributed by atoms with Crippen LogP contribution in [0.1, 0.15) is 40.6 Å². The second-order valence-electron chi connectivity index (χ2n) is 8.10. The van der Waals surface area contributed by atoms with Crippen LogP contribution >= 0.6 is 22.7 Å². The van der Waals surface area contributed by atoms with Crippen molar-refractivity contribution >= 4 is 56.9 Å². The van der Waals surface area contributed by atoms with Crippen molar-refractivity contribution in [3.05, 3.63) is 51.2 Å². The van der Waals surface area contributed by atoms with Crippen LogP contribution < -0.4 is 15.6 Å². The van der Waals surface area contributed by atoms with Crippen molar-refractivity contribution in [3.8, 4) is 10.6 Å². The van der Waals surface area contributed by atoms with Gasteiger partial charge in [-0.25, -0.2) is 9.99 Å². The summed E-state index contributed by atoms with van der Waals surface area (Å²) in [6.45, 7) is 7.78. The first-order valence-corrected chi connectivity index (χ1v) is 12.4. The lowest BCUT2D eigenvalue weighted by Crippen LogP contribution is -2.36. The number of benzene rings is 1. The molecular weight excluding hydrogens is 470 g/mol. The van der Waals surface area contributed by atoms with Crippen LogP contribution in [-0.4, -0.2) is 28.4 Å². The highest BCUT2D eigenvalue weighted by Gasteiger charge is 2.27. The van der Waals surface area contributed by atoms with Gasteiger partial charge in [-0.05, 0) is 50.1 Å². The summed E-state index contributed by atoms with van der Waals surface area (Å²) in [5.41, 5.74) is 3.72. The first-order chi connectivity index (χ1) is 16.2.